The lowest BCUT2D eigenvalue weighted by molar-refractivity contribution is 0.0357. The highest BCUT2D eigenvalue weighted by Crippen LogP contribution is 2.30. The van der Waals surface area contributed by atoms with Crippen LogP contribution in [0.3, 0.4) is 0 Å². The van der Waals surface area contributed by atoms with Gasteiger partial charge in [0.05, 0.1) is 0 Å². The molecule has 0 aromatic heterocycles. The van der Waals surface area contributed by atoms with E-state index in [0.717, 1.165) is 30.6 Å². The normalized spacial score (nSPS) is 37.1. The van der Waals surface area contributed by atoms with Gasteiger partial charge in [-0.2, -0.15) is 0 Å². The van der Waals surface area contributed by atoms with Gasteiger partial charge in [-0.15, -0.1) is 0 Å². The molecule has 21 heavy (non-hydrogen) atoms. The van der Waals surface area contributed by atoms with E-state index in [1.165, 1.54) is 71.1 Å². The van der Waals surface area contributed by atoms with Crippen molar-refractivity contribution in [1.82, 2.24) is 15.1 Å². The smallest absolute Gasteiger partial charge is 0.0252 e. The summed E-state index contributed by atoms with van der Waals surface area (Å²) in [5, 5.41) is 3.76. The Morgan fingerprint density at radius 2 is 1.57 bits per heavy atom. The quantitative estimate of drug-likeness (QED) is 0.860. The van der Waals surface area contributed by atoms with Gasteiger partial charge in [0.2, 0.25) is 0 Å². The summed E-state index contributed by atoms with van der Waals surface area (Å²) in [7, 11) is 0. The molecular weight excluding hydrogens is 258 g/mol. The average Bonchev–Trinajstić information content (AvgIpc) is 3.04. The molecule has 1 saturated heterocycles. The second kappa shape index (κ2) is 7.43. The number of nitrogens with zero attached hydrogens (tertiary/aromatic N) is 2. The van der Waals surface area contributed by atoms with E-state index in [-0.39, 0.29) is 0 Å². The molecule has 3 heteroatoms. The topological polar surface area (TPSA) is 18.5 Å². The summed E-state index contributed by atoms with van der Waals surface area (Å²) in [5.74, 6) is 0.915. The van der Waals surface area contributed by atoms with E-state index >= 15 is 0 Å². The molecule has 122 valence electrons. The minimum absolute atomic E-state index is 0.740. The second-order valence-electron chi connectivity index (χ2n) is 7.66. The van der Waals surface area contributed by atoms with Crippen LogP contribution in [0.15, 0.2) is 0 Å². The van der Waals surface area contributed by atoms with Gasteiger partial charge in [-0.3, -0.25) is 9.80 Å². The van der Waals surface area contributed by atoms with E-state index in [1.54, 1.807) is 0 Å². The molecule has 2 saturated carbocycles. The Balaban J connectivity index is 1.53. The van der Waals surface area contributed by atoms with E-state index in [0.29, 0.717) is 0 Å². The van der Waals surface area contributed by atoms with E-state index in [4.69, 9.17) is 0 Å². The van der Waals surface area contributed by atoms with Crippen LogP contribution < -0.4 is 5.32 Å². The van der Waals surface area contributed by atoms with Gasteiger partial charge < -0.3 is 5.32 Å². The second-order valence-corrected chi connectivity index (χ2v) is 7.66. The predicted octanol–water partition coefficient (Wildman–Crippen LogP) is 2.71. The first-order chi connectivity index (χ1) is 10.3. The average molecular weight is 293 g/mol. The maximum Gasteiger partial charge on any atom is 0.0252 e. The summed E-state index contributed by atoms with van der Waals surface area (Å²) < 4.78 is 0. The molecule has 1 heterocycles. The SMILES string of the molecule is CCNC1CCC(C)CC1N1CCN(C2CCCC2)CC1. The van der Waals surface area contributed by atoms with Crippen molar-refractivity contribution in [3.63, 3.8) is 0 Å². The lowest BCUT2D eigenvalue weighted by Gasteiger charge is -2.47. The molecule has 0 aromatic carbocycles. The fourth-order valence-corrected chi connectivity index (χ4v) is 4.96. The third-order valence-electron chi connectivity index (χ3n) is 6.20. The number of hydrogen-bond acceptors (Lipinski definition) is 3. The van der Waals surface area contributed by atoms with E-state index in [1.807, 2.05) is 0 Å². The molecule has 0 amide bonds. The van der Waals surface area contributed by atoms with Crippen LogP contribution in [0.4, 0.5) is 0 Å². The number of piperazine rings is 1. The molecule has 3 aliphatic rings. The van der Waals surface area contributed by atoms with Gasteiger partial charge >= 0.3 is 0 Å². The predicted molar refractivity (Wildman–Crippen MR) is 89.7 cm³/mol. The van der Waals surface area contributed by atoms with Crippen LogP contribution in [0.2, 0.25) is 0 Å². The number of nitrogens with one attached hydrogen (secondary N) is 1. The van der Waals surface area contributed by atoms with Crippen LogP contribution in [-0.4, -0.2) is 60.6 Å². The zero-order valence-electron chi connectivity index (χ0n) is 14.2. The van der Waals surface area contributed by atoms with Gasteiger partial charge in [-0.25, -0.2) is 0 Å². The zero-order valence-corrected chi connectivity index (χ0v) is 14.2. The molecule has 3 fully saturated rings. The molecule has 1 aliphatic heterocycles. The van der Waals surface area contributed by atoms with Crippen molar-refractivity contribution in [2.24, 2.45) is 5.92 Å². The Bertz CT molecular complexity index is 306. The summed E-state index contributed by atoms with van der Waals surface area (Å²) in [5.41, 5.74) is 0. The molecule has 0 bridgehead atoms. The highest BCUT2D eigenvalue weighted by molar-refractivity contribution is 4.93. The van der Waals surface area contributed by atoms with Gasteiger partial charge in [0.1, 0.15) is 0 Å². The molecule has 1 N–H and O–H groups in total. The Kier molecular flexibility index (Phi) is 5.58. The third kappa shape index (κ3) is 3.80. The first-order valence-electron chi connectivity index (χ1n) is 9.49. The molecule has 3 nitrogen and oxygen atoms in total. The maximum atomic E-state index is 3.76. The molecule has 3 rings (SSSR count). The van der Waals surface area contributed by atoms with Crippen molar-refractivity contribution < 1.29 is 0 Å². The van der Waals surface area contributed by atoms with Crippen molar-refractivity contribution in [1.29, 1.82) is 0 Å². The van der Waals surface area contributed by atoms with E-state index in [2.05, 4.69) is 29.0 Å². The molecule has 2 aliphatic carbocycles. The zero-order chi connectivity index (χ0) is 14.7. The highest BCUT2D eigenvalue weighted by atomic mass is 15.3. The van der Waals surface area contributed by atoms with Crippen molar-refractivity contribution >= 4 is 0 Å². The largest absolute Gasteiger partial charge is 0.313 e. The molecular formula is C18H35N3. The minimum Gasteiger partial charge on any atom is -0.313 e. The van der Waals surface area contributed by atoms with E-state index < -0.39 is 0 Å². The fraction of sp³-hybridized carbons (Fsp3) is 1.00. The van der Waals surface area contributed by atoms with Crippen molar-refractivity contribution in [2.75, 3.05) is 32.7 Å². The van der Waals surface area contributed by atoms with Crippen LogP contribution in [0, 0.1) is 5.92 Å². The summed E-state index contributed by atoms with van der Waals surface area (Å²) in [6.07, 6.45) is 10.0. The fourth-order valence-electron chi connectivity index (χ4n) is 4.96. The lowest BCUT2D eigenvalue weighted by Crippen LogP contribution is -2.59. The first kappa shape index (κ1) is 15.8. The van der Waals surface area contributed by atoms with Gasteiger partial charge in [0.15, 0.2) is 0 Å². The summed E-state index contributed by atoms with van der Waals surface area (Å²) >= 11 is 0. The molecule has 3 atom stereocenters. The Labute approximate surface area is 131 Å². The van der Waals surface area contributed by atoms with Crippen LogP contribution in [-0.2, 0) is 0 Å². The monoisotopic (exact) mass is 293 g/mol. The van der Waals surface area contributed by atoms with Gasteiger partial charge in [-0.1, -0.05) is 26.7 Å². The van der Waals surface area contributed by atoms with Gasteiger partial charge in [0, 0.05) is 44.3 Å². The highest BCUT2D eigenvalue weighted by Gasteiger charge is 2.35. The molecule has 0 radical (unpaired) electrons. The Morgan fingerprint density at radius 1 is 0.905 bits per heavy atom. The minimum atomic E-state index is 0.740. The number of likely N-dealkylation sites (N-methyl/N-ethyl adjacent to an activating group) is 1. The molecule has 0 aromatic rings. The lowest BCUT2D eigenvalue weighted by atomic mass is 9.82. The van der Waals surface area contributed by atoms with Gasteiger partial charge in [-0.05, 0) is 44.6 Å². The number of rotatable bonds is 4. The molecule has 3 unspecified atom stereocenters. The summed E-state index contributed by atoms with van der Waals surface area (Å²) in [6.45, 7) is 11.1. The van der Waals surface area contributed by atoms with Crippen LogP contribution in [0.1, 0.15) is 58.8 Å². The van der Waals surface area contributed by atoms with Crippen LogP contribution in [0.5, 0.6) is 0 Å². The van der Waals surface area contributed by atoms with Crippen molar-refractivity contribution in [3.05, 3.63) is 0 Å². The summed E-state index contributed by atoms with van der Waals surface area (Å²) in [4.78, 5) is 5.60. The summed E-state index contributed by atoms with van der Waals surface area (Å²) in [6, 6.07) is 2.45. The van der Waals surface area contributed by atoms with E-state index in [9.17, 15) is 0 Å². The van der Waals surface area contributed by atoms with Crippen LogP contribution >= 0.6 is 0 Å². The van der Waals surface area contributed by atoms with Crippen molar-refractivity contribution in [3.8, 4) is 0 Å². The standard InChI is InChI=1S/C18H35N3/c1-3-19-17-9-8-15(2)14-18(17)21-12-10-20(11-13-21)16-6-4-5-7-16/h15-19H,3-14H2,1-2H3. The third-order valence-corrected chi connectivity index (χ3v) is 6.20. The van der Waals surface area contributed by atoms with Gasteiger partial charge in [0.25, 0.3) is 0 Å². The number of hydrogen-bond donors (Lipinski definition) is 1. The van der Waals surface area contributed by atoms with Crippen LogP contribution in [0.25, 0.3) is 0 Å². The Hall–Kier alpha value is -0.120. The Morgan fingerprint density at radius 3 is 2.24 bits per heavy atom. The van der Waals surface area contributed by atoms with Crippen molar-refractivity contribution in [2.45, 2.75) is 76.9 Å². The molecule has 0 spiro atoms. The first-order valence-corrected chi connectivity index (χ1v) is 9.49. The maximum absolute atomic E-state index is 3.76.